The summed E-state index contributed by atoms with van der Waals surface area (Å²) in [5.74, 6) is -2.22. The molecule has 0 spiro atoms. The number of benzene rings is 1. The van der Waals surface area contributed by atoms with Crippen LogP contribution in [0.2, 0.25) is 0 Å². The van der Waals surface area contributed by atoms with Crippen LogP contribution in [0.15, 0.2) is 36.7 Å². The molecular formula is C13H9F2NO2. The maximum absolute atomic E-state index is 13.5. The Morgan fingerprint density at radius 1 is 1.22 bits per heavy atom. The molecule has 0 radical (unpaired) electrons. The Hall–Kier alpha value is -2.30. The largest absolute Gasteiger partial charge is 0.495 e. The van der Waals surface area contributed by atoms with Crippen LogP contribution >= 0.6 is 0 Å². The van der Waals surface area contributed by atoms with Gasteiger partial charge >= 0.3 is 0 Å². The van der Waals surface area contributed by atoms with E-state index in [9.17, 15) is 13.6 Å². The molecule has 0 saturated heterocycles. The van der Waals surface area contributed by atoms with Crippen LogP contribution in [0.5, 0.6) is 5.75 Å². The molecule has 0 N–H and O–H groups in total. The number of ether oxygens (including phenoxy) is 1. The number of halogens is 2. The van der Waals surface area contributed by atoms with Crippen molar-refractivity contribution >= 4 is 5.78 Å². The van der Waals surface area contributed by atoms with Crippen LogP contribution in [0.25, 0.3) is 0 Å². The summed E-state index contributed by atoms with van der Waals surface area (Å²) in [4.78, 5) is 15.8. The highest BCUT2D eigenvalue weighted by Crippen LogP contribution is 2.19. The van der Waals surface area contributed by atoms with Crippen LogP contribution in [0, 0.1) is 11.6 Å². The van der Waals surface area contributed by atoms with Crippen LogP contribution in [0.4, 0.5) is 8.78 Å². The molecule has 0 aliphatic carbocycles. The van der Waals surface area contributed by atoms with Crippen molar-refractivity contribution in [1.82, 2.24) is 4.98 Å². The number of methoxy groups -OCH3 is 1. The summed E-state index contributed by atoms with van der Waals surface area (Å²) in [6.45, 7) is 0. The number of nitrogens with zero attached hydrogens (tertiary/aromatic N) is 1. The number of aromatic nitrogens is 1. The molecule has 2 rings (SSSR count). The third-order valence-corrected chi connectivity index (χ3v) is 2.40. The predicted molar refractivity (Wildman–Crippen MR) is 60.6 cm³/mol. The molecule has 18 heavy (non-hydrogen) atoms. The van der Waals surface area contributed by atoms with Gasteiger partial charge in [-0.3, -0.25) is 9.78 Å². The van der Waals surface area contributed by atoms with Crippen molar-refractivity contribution in [2.24, 2.45) is 0 Å². The standard InChI is InChI=1S/C13H9F2NO2/c1-18-9-5-8(6-16-7-9)13(17)12-10(14)3-2-4-11(12)15/h2-7H,1H3. The molecule has 5 heteroatoms. The number of pyridine rings is 1. The van der Waals surface area contributed by atoms with Crippen molar-refractivity contribution in [3.63, 3.8) is 0 Å². The first-order valence-corrected chi connectivity index (χ1v) is 5.11. The number of hydrogen-bond acceptors (Lipinski definition) is 3. The number of carbonyl (C=O) groups is 1. The second kappa shape index (κ2) is 4.91. The Labute approximate surface area is 102 Å². The van der Waals surface area contributed by atoms with Gasteiger partial charge in [0.25, 0.3) is 0 Å². The molecule has 92 valence electrons. The van der Waals surface area contributed by atoms with Crippen LogP contribution in [0.3, 0.4) is 0 Å². The Balaban J connectivity index is 2.48. The fourth-order valence-electron chi connectivity index (χ4n) is 1.51. The summed E-state index contributed by atoms with van der Waals surface area (Å²) >= 11 is 0. The van der Waals surface area contributed by atoms with Gasteiger partial charge < -0.3 is 4.74 Å². The first kappa shape index (κ1) is 12.2. The topological polar surface area (TPSA) is 39.2 Å². The highest BCUT2D eigenvalue weighted by atomic mass is 19.1. The minimum absolute atomic E-state index is 0.0679. The molecule has 0 amide bonds. The van der Waals surface area contributed by atoms with Gasteiger partial charge in [0.1, 0.15) is 17.4 Å². The predicted octanol–water partition coefficient (Wildman–Crippen LogP) is 2.60. The van der Waals surface area contributed by atoms with Crippen molar-refractivity contribution in [3.05, 3.63) is 59.4 Å². The number of ketones is 1. The second-order valence-corrected chi connectivity index (χ2v) is 3.54. The zero-order valence-electron chi connectivity index (χ0n) is 9.48. The van der Waals surface area contributed by atoms with Gasteiger partial charge in [0.15, 0.2) is 0 Å². The molecule has 0 aliphatic heterocycles. The summed E-state index contributed by atoms with van der Waals surface area (Å²) in [5, 5.41) is 0. The number of rotatable bonds is 3. The molecule has 2 aromatic rings. The van der Waals surface area contributed by atoms with Gasteiger partial charge in [0, 0.05) is 11.8 Å². The fraction of sp³-hybridized carbons (Fsp3) is 0.0769. The lowest BCUT2D eigenvalue weighted by Gasteiger charge is -2.05. The lowest BCUT2D eigenvalue weighted by atomic mass is 10.0. The van der Waals surface area contributed by atoms with E-state index in [1.807, 2.05) is 0 Å². The zero-order valence-corrected chi connectivity index (χ0v) is 9.48. The maximum Gasteiger partial charge on any atom is 0.200 e. The van der Waals surface area contributed by atoms with E-state index in [4.69, 9.17) is 4.74 Å². The minimum atomic E-state index is -0.900. The zero-order chi connectivity index (χ0) is 13.1. The minimum Gasteiger partial charge on any atom is -0.495 e. The molecular weight excluding hydrogens is 240 g/mol. The fourth-order valence-corrected chi connectivity index (χ4v) is 1.51. The average Bonchev–Trinajstić information content (AvgIpc) is 2.38. The monoisotopic (exact) mass is 249 g/mol. The average molecular weight is 249 g/mol. The molecule has 0 atom stereocenters. The Morgan fingerprint density at radius 2 is 1.89 bits per heavy atom. The molecule has 3 nitrogen and oxygen atoms in total. The van der Waals surface area contributed by atoms with Gasteiger partial charge in [-0.2, -0.15) is 0 Å². The molecule has 0 aliphatic rings. The third-order valence-electron chi connectivity index (χ3n) is 2.40. The van der Waals surface area contributed by atoms with Gasteiger partial charge in [0.05, 0.1) is 18.9 Å². The van der Waals surface area contributed by atoms with Crippen molar-refractivity contribution in [1.29, 1.82) is 0 Å². The SMILES string of the molecule is COc1cncc(C(=O)c2c(F)cccc2F)c1. The number of hydrogen-bond donors (Lipinski definition) is 0. The normalized spacial score (nSPS) is 10.2. The van der Waals surface area contributed by atoms with Crippen molar-refractivity contribution in [3.8, 4) is 5.75 Å². The van der Waals surface area contributed by atoms with E-state index in [0.717, 1.165) is 12.1 Å². The van der Waals surface area contributed by atoms with E-state index in [1.165, 1.54) is 31.6 Å². The van der Waals surface area contributed by atoms with Gasteiger partial charge in [-0.05, 0) is 18.2 Å². The summed E-state index contributed by atoms with van der Waals surface area (Å²) < 4.78 is 31.8. The van der Waals surface area contributed by atoms with Crippen LogP contribution in [-0.4, -0.2) is 17.9 Å². The Bertz CT molecular complexity index is 579. The molecule has 0 fully saturated rings. The van der Waals surface area contributed by atoms with Crippen molar-refractivity contribution in [2.45, 2.75) is 0 Å². The first-order valence-electron chi connectivity index (χ1n) is 5.11. The molecule has 0 saturated carbocycles. The quantitative estimate of drug-likeness (QED) is 0.785. The smallest absolute Gasteiger partial charge is 0.200 e. The van der Waals surface area contributed by atoms with E-state index in [1.54, 1.807) is 0 Å². The van der Waals surface area contributed by atoms with E-state index >= 15 is 0 Å². The van der Waals surface area contributed by atoms with Gasteiger partial charge in [0.2, 0.25) is 5.78 Å². The molecule has 1 heterocycles. The highest BCUT2D eigenvalue weighted by molar-refractivity contribution is 6.09. The van der Waals surface area contributed by atoms with Gasteiger partial charge in [-0.15, -0.1) is 0 Å². The first-order chi connectivity index (χ1) is 8.63. The summed E-state index contributed by atoms with van der Waals surface area (Å²) in [7, 11) is 1.41. The Morgan fingerprint density at radius 3 is 2.50 bits per heavy atom. The Kier molecular flexibility index (Phi) is 3.32. The lowest BCUT2D eigenvalue weighted by molar-refractivity contribution is 0.103. The second-order valence-electron chi connectivity index (χ2n) is 3.54. The molecule has 0 unspecified atom stereocenters. The van der Waals surface area contributed by atoms with Crippen molar-refractivity contribution < 1.29 is 18.3 Å². The summed E-state index contributed by atoms with van der Waals surface area (Å²) in [6, 6.07) is 4.64. The molecule has 0 bridgehead atoms. The van der Waals surface area contributed by atoms with Crippen LogP contribution < -0.4 is 4.74 Å². The summed E-state index contributed by atoms with van der Waals surface area (Å²) in [6.07, 6.45) is 2.63. The maximum atomic E-state index is 13.5. The van der Waals surface area contributed by atoms with Gasteiger partial charge in [-0.25, -0.2) is 8.78 Å². The summed E-state index contributed by atoms with van der Waals surface area (Å²) in [5.41, 5.74) is -0.522. The number of carbonyl (C=O) groups excluding carboxylic acids is 1. The van der Waals surface area contributed by atoms with Gasteiger partial charge in [-0.1, -0.05) is 6.07 Å². The van der Waals surface area contributed by atoms with E-state index in [-0.39, 0.29) is 5.56 Å². The molecule has 1 aromatic carbocycles. The highest BCUT2D eigenvalue weighted by Gasteiger charge is 2.19. The molecule has 1 aromatic heterocycles. The van der Waals surface area contributed by atoms with Crippen LogP contribution in [-0.2, 0) is 0 Å². The van der Waals surface area contributed by atoms with Crippen LogP contribution in [0.1, 0.15) is 15.9 Å². The van der Waals surface area contributed by atoms with E-state index < -0.39 is 23.0 Å². The third kappa shape index (κ3) is 2.20. The lowest BCUT2D eigenvalue weighted by Crippen LogP contribution is -2.08. The van der Waals surface area contributed by atoms with E-state index in [2.05, 4.69) is 4.98 Å². The van der Waals surface area contributed by atoms with E-state index in [0.29, 0.717) is 5.75 Å². The van der Waals surface area contributed by atoms with Crippen molar-refractivity contribution in [2.75, 3.05) is 7.11 Å².